The molecule has 0 atom stereocenters. The van der Waals surface area contributed by atoms with Gasteiger partial charge in [-0.25, -0.2) is 4.79 Å². The van der Waals surface area contributed by atoms with E-state index in [1.54, 1.807) is 45.0 Å². The zero-order chi connectivity index (χ0) is 22.3. The van der Waals surface area contributed by atoms with Crippen LogP contribution in [0.25, 0.3) is 0 Å². The highest BCUT2D eigenvalue weighted by atomic mass is 32.2. The number of carbonyl (C=O) groups is 4. The lowest BCUT2D eigenvalue weighted by molar-refractivity contribution is -0.129. The van der Waals surface area contributed by atoms with E-state index in [2.05, 4.69) is 5.32 Å². The third-order valence-electron chi connectivity index (χ3n) is 4.34. The first-order valence-electron chi connectivity index (χ1n) is 9.88. The first-order chi connectivity index (χ1) is 14.1. The SMILES string of the molecule is CCCCOC(=O)c1ccc(NC(=O)CN2C(=O)CSC2=CC(=O)C(C)(C)C)cc1. The molecule has 1 N–H and O–H groups in total. The number of anilines is 1. The summed E-state index contributed by atoms with van der Waals surface area (Å²) in [4.78, 5) is 50.1. The van der Waals surface area contributed by atoms with Crippen molar-refractivity contribution in [3.8, 4) is 0 Å². The Labute approximate surface area is 181 Å². The van der Waals surface area contributed by atoms with Crippen molar-refractivity contribution in [3.05, 3.63) is 40.9 Å². The summed E-state index contributed by atoms with van der Waals surface area (Å²) in [7, 11) is 0. The summed E-state index contributed by atoms with van der Waals surface area (Å²) >= 11 is 1.25. The fraction of sp³-hybridized carbons (Fsp3) is 0.455. The molecule has 1 aliphatic rings. The molecule has 2 rings (SSSR count). The second kappa shape index (κ2) is 10.4. The molecule has 0 bridgehead atoms. The Hall–Kier alpha value is -2.61. The summed E-state index contributed by atoms with van der Waals surface area (Å²) in [6.45, 7) is 7.61. The highest BCUT2D eigenvalue weighted by Crippen LogP contribution is 2.30. The van der Waals surface area contributed by atoms with Crippen LogP contribution >= 0.6 is 11.8 Å². The third-order valence-corrected chi connectivity index (χ3v) is 5.37. The molecule has 0 aliphatic carbocycles. The lowest BCUT2D eigenvalue weighted by Gasteiger charge is -2.19. The number of rotatable bonds is 8. The van der Waals surface area contributed by atoms with Crippen molar-refractivity contribution >= 4 is 41.0 Å². The smallest absolute Gasteiger partial charge is 0.338 e. The Morgan fingerprint density at radius 3 is 2.47 bits per heavy atom. The summed E-state index contributed by atoms with van der Waals surface area (Å²) in [5.74, 6) is -0.914. The number of ether oxygens (including phenoxy) is 1. The van der Waals surface area contributed by atoms with Crippen molar-refractivity contribution in [2.24, 2.45) is 5.41 Å². The number of amides is 2. The molecule has 162 valence electrons. The maximum absolute atomic E-state index is 12.4. The van der Waals surface area contributed by atoms with Gasteiger partial charge in [0.2, 0.25) is 11.8 Å². The number of ketones is 1. The first kappa shape index (κ1) is 23.7. The molecule has 7 nitrogen and oxygen atoms in total. The maximum Gasteiger partial charge on any atom is 0.338 e. The molecule has 0 spiro atoms. The van der Waals surface area contributed by atoms with Gasteiger partial charge in [0.05, 0.1) is 23.0 Å². The van der Waals surface area contributed by atoms with Gasteiger partial charge in [-0.15, -0.1) is 0 Å². The monoisotopic (exact) mass is 432 g/mol. The molecule has 1 aromatic rings. The van der Waals surface area contributed by atoms with Crippen LogP contribution in [-0.4, -0.2) is 47.4 Å². The molecule has 1 saturated heterocycles. The topological polar surface area (TPSA) is 92.8 Å². The molecule has 0 unspecified atom stereocenters. The van der Waals surface area contributed by atoms with Gasteiger partial charge in [0, 0.05) is 17.2 Å². The minimum atomic E-state index is -0.563. The predicted molar refractivity (Wildman–Crippen MR) is 117 cm³/mol. The zero-order valence-electron chi connectivity index (χ0n) is 17.8. The van der Waals surface area contributed by atoms with E-state index in [1.807, 2.05) is 6.92 Å². The number of allylic oxidation sites excluding steroid dienone is 1. The second-order valence-electron chi connectivity index (χ2n) is 7.98. The van der Waals surface area contributed by atoms with E-state index < -0.39 is 17.3 Å². The highest BCUT2D eigenvalue weighted by molar-refractivity contribution is 8.04. The Balaban J connectivity index is 1.97. The predicted octanol–water partition coefficient (Wildman–Crippen LogP) is 3.61. The largest absolute Gasteiger partial charge is 0.462 e. The van der Waals surface area contributed by atoms with E-state index >= 15 is 0 Å². The Bertz CT molecular complexity index is 840. The van der Waals surface area contributed by atoms with Gasteiger partial charge in [-0.1, -0.05) is 45.9 Å². The summed E-state index contributed by atoms with van der Waals surface area (Å²) in [5.41, 5.74) is 0.342. The molecule has 8 heteroatoms. The fourth-order valence-corrected chi connectivity index (χ4v) is 3.39. The number of nitrogens with one attached hydrogen (secondary N) is 1. The van der Waals surface area contributed by atoms with Gasteiger partial charge in [0.15, 0.2) is 5.78 Å². The second-order valence-corrected chi connectivity index (χ2v) is 8.98. The van der Waals surface area contributed by atoms with E-state index in [4.69, 9.17) is 4.74 Å². The first-order valence-corrected chi connectivity index (χ1v) is 10.9. The molecule has 0 saturated carbocycles. The van der Waals surface area contributed by atoms with Crippen LogP contribution in [0.3, 0.4) is 0 Å². The molecular weight excluding hydrogens is 404 g/mol. The van der Waals surface area contributed by atoms with E-state index in [-0.39, 0.29) is 24.0 Å². The van der Waals surface area contributed by atoms with Crippen LogP contribution in [0.15, 0.2) is 35.4 Å². The van der Waals surface area contributed by atoms with Crippen molar-refractivity contribution in [2.45, 2.75) is 40.5 Å². The number of thioether (sulfide) groups is 1. The number of nitrogens with zero attached hydrogens (tertiary/aromatic N) is 1. The molecule has 1 heterocycles. The quantitative estimate of drug-likeness (QED) is 0.383. The molecule has 1 fully saturated rings. The number of unbranched alkanes of at least 4 members (excludes halogenated alkanes) is 1. The van der Waals surface area contributed by atoms with Gasteiger partial charge in [-0.05, 0) is 30.7 Å². The van der Waals surface area contributed by atoms with Crippen LogP contribution in [0.5, 0.6) is 0 Å². The van der Waals surface area contributed by atoms with Gasteiger partial charge in [-0.2, -0.15) is 0 Å². The third kappa shape index (κ3) is 6.73. The minimum absolute atomic E-state index is 0.105. The van der Waals surface area contributed by atoms with Gasteiger partial charge in [-0.3, -0.25) is 19.3 Å². The lowest BCUT2D eigenvalue weighted by atomic mass is 9.91. The van der Waals surface area contributed by atoms with E-state index in [1.165, 1.54) is 22.7 Å². The maximum atomic E-state index is 12.4. The number of benzene rings is 1. The number of hydrogen-bond acceptors (Lipinski definition) is 6. The average Bonchev–Trinajstić information content (AvgIpc) is 3.01. The van der Waals surface area contributed by atoms with Crippen LogP contribution in [0, 0.1) is 5.41 Å². The van der Waals surface area contributed by atoms with Crippen molar-refractivity contribution in [2.75, 3.05) is 24.2 Å². The van der Waals surface area contributed by atoms with E-state index in [0.29, 0.717) is 22.9 Å². The summed E-state index contributed by atoms with van der Waals surface area (Å²) in [6, 6.07) is 6.37. The van der Waals surface area contributed by atoms with Crippen molar-refractivity contribution in [3.63, 3.8) is 0 Å². The van der Waals surface area contributed by atoms with Crippen molar-refractivity contribution < 1.29 is 23.9 Å². The molecule has 30 heavy (non-hydrogen) atoms. The normalized spacial score (nSPS) is 15.4. The molecule has 0 aromatic heterocycles. The molecule has 1 aliphatic heterocycles. The van der Waals surface area contributed by atoms with Gasteiger partial charge < -0.3 is 10.1 Å². The number of hydrogen-bond donors (Lipinski definition) is 1. The molecule has 0 radical (unpaired) electrons. The van der Waals surface area contributed by atoms with Crippen LogP contribution in [0.2, 0.25) is 0 Å². The van der Waals surface area contributed by atoms with Gasteiger partial charge in [0.25, 0.3) is 0 Å². The fourth-order valence-electron chi connectivity index (χ4n) is 2.46. The molecule has 2 amide bonds. The Morgan fingerprint density at radius 1 is 1.20 bits per heavy atom. The summed E-state index contributed by atoms with van der Waals surface area (Å²) in [6.07, 6.45) is 3.19. The Morgan fingerprint density at radius 2 is 1.87 bits per heavy atom. The molecular formula is C22H28N2O5S. The standard InChI is InChI=1S/C22H28N2O5S/c1-5-6-11-29-21(28)15-7-9-16(10-8-15)23-18(26)13-24-19(27)14-30-20(24)12-17(25)22(2,3)4/h7-10,12H,5-6,11,13-14H2,1-4H3,(H,23,26). The van der Waals surface area contributed by atoms with Gasteiger partial charge >= 0.3 is 5.97 Å². The lowest BCUT2D eigenvalue weighted by Crippen LogP contribution is -2.34. The zero-order valence-corrected chi connectivity index (χ0v) is 18.6. The highest BCUT2D eigenvalue weighted by Gasteiger charge is 2.30. The van der Waals surface area contributed by atoms with Crippen molar-refractivity contribution in [1.82, 2.24) is 4.90 Å². The summed E-state index contributed by atoms with van der Waals surface area (Å²) < 4.78 is 5.15. The van der Waals surface area contributed by atoms with E-state index in [0.717, 1.165) is 12.8 Å². The van der Waals surface area contributed by atoms with Crippen LogP contribution in [0.1, 0.15) is 50.9 Å². The Kier molecular flexibility index (Phi) is 8.23. The number of esters is 1. The van der Waals surface area contributed by atoms with Crippen LogP contribution < -0.4 is 5.32 Å². The van der Waals surface area contributed by atoms with Crippen LogP contribution in [0.4, 0.5) is 5.69 Å². The minimum Gasteiger partial charge on any atom is -0.462 e. The van der Waals surface area contributed by atoms with E-state index in [9.17, 15) is 19.2 Å². The summed E-state index contributed by atoms with van der Waals surface area (Å²) in [5, 5.41) is 3.19. The van der Waals surface area contributed by atoms with Crippen LogP contribution in [-0.2, 0) is 19.1 Å². The molecule has 1 aromatic carbocycles. The van der Waals surface area contributed by atoms with Crippen molar-refractivity contribution in [1.29, 1.82) is 0 Å². The average molecular weight is 433 g/mol. The van der Waals surface area contributed by atoms with Gasteiger partial charge in [0.1, 0.15) is 6.54 Å². The number of carbonyl (C=O) groups excluding carboxylic acids is 4.